The number of alkyl halides is 3. The fourth-order valence-electron chi connectivity index (χ4n) is 1.20. The van der Waals surface area contributed by atoms with Crippen LogP contribution in [0.5, 0.6) is 5.75 Å². The molecule has 1 unspecified atom stereocenters. The molecule has 18 heavy (non-hydrogen) atoms. The molecule has 4 nitrogen and oxygen atoms in total. The van der Waals surface area contributed by atoms with Gasteiger partial charge in [0.25, 0.3) is 5.91 Å². The number of halogens is 3. The normalized spacial score (nSPS) is 12.9. The average Bonchev–Trinajstić information content (AvgIpc) is 2.29. The van der Waals surface area contributed by atoms with Gasteiger partial charge >= 0.3 is 6.18 Å². The first-order chi connectivity index (χ1) is 8.25. The minimum absolute atomic E-state index is 0.0211. The number of amides is 1. The fraction of sp³-hybridized carbons (Fsp3) is 0.364. The smallest absolute Gasteiger partial charge is 0.425 e. The summed E-state index contributed by atoms with van der Waals surface area (Å²) < 4.78 is 41.6. The van der Waals surface area contributed by atoms with Gasteiger partial charge in [-0.15, -0.1) is 0 Å². The van der Waals surface area contributed by atoms with Crippen LogP contribution in [-0.2, 0) is 0 Å². The highest BCUT2D eigenvalue weighted by molar-refractivity contribution is 5.95. The Hall–Kier alpha value is -1.92. The molecule has 7 heteroatoms. The van der Waals surface area contributed by atoms with Crippen molar-refractivity contribution in [3.05, 3.63) is 23.8 Å². The molecule has 0 fully saturated rings. The van der Waals surface area contributed by atoms with E-state index in [0.717, 1.165) is 6.92 Å². The highest BCUT2D eigenvalue weighted by atomic mass is 19.4. The Kier molecular flexibility index (Phi) is 4.05. The van der Waals surface area contributed by atoms with Gasteiger partial charge in [0.05, 0.1) is 5.69 Å². The highest BCUT2D eigenvalue weighted by Gasteiger charge is 2.38. The predicted molar refractivity (Wildman–Crippen MR) is 60.4 cm³/mol. The number of hydrogen-bond acceptors (Lipinski definition) is 3. The molecule has 1 aromatic carbocycles. The summed E-state index contributed by atoms with van der Waals surface area (Å²) in [5.41, 5.74) is 5.76. The van der Waals surface area contributed by atoms with Crippen molar-refractivity contribution >= 4 is 11.6 Å². The van der Waals surface area contributed by atoms with Crippen LogP contribution in [0.4, 0.5) is 18.9 Å². The first-order valence-electron chi connectivity index (χ1n) is 5.10. The second-order valence-corrected chi connectivity index (χ2v) is 3.63. The fourth-order valence-corrected chi connectivity index (χ4v) is 1.20. The van der Waals surface area contributed by atoms with Gasteiger partial charge in [0.1, 0.15) is 5.75 Å². The summed E-state index contributed by atoms with van der Waals surface area (Å²) in [6.07, 6.45) is -6.43. The summed E-state index contributed by atoms with van der Waals surface area (Å²) in [4.78, 5) is 11.3. The van der Waals surface area contributed by atoms with Crippen LogP contribution >= 0.6 is 0 Å². The number of carbonyl (C=O) groups is 1. The summed E-state index contributed by atoms with van der Waals surface area (Å²) in [5.74, 6) is -0.482. The lowest BCUT2D eigenvalue weighted by molar-refractivity contribution is -0.189. The SMILES string of the molecule is CNC(=O)c1ccc(OC(C)C(F)(F)F)c(N)c1. The van der Waals surface area contributed by atoms with E-state index in [-0.39, 0.29) is 22.9 Å². The molecule has 1 amide bonds. The van der Waals surface area contributed by atoms with Gasteiger partial charge < -0.3 is 15.8 Å². The van der Waals surface area contributed by atoms with E-state index in [1.165, 1.54) is 25.2 Å². The lowest BCUT2D eigenvalue weighted by Gasteiger charge is -2.18. The van der Waals surface area contributed by atoms with Gasteiger partial charge in [-0.3, -0.25) is 4.79 Å². The molecule has 0 saturated heterocycles. The van der Waals surface area contributed by atoms with Crippen LogP contribution in [0.3, 0.4) is 0 Å². The van der Waals surface area contributed by atoms with E-state index < -0.39 is 12.3 Å². The second kappa shape index (κ2) is 5.16. The molecule has 3 N–H and O–H groups in total. The topological polar surface area (TPSA) is 64.3 Å². The quantitative estimate of drug-likeness (QED) is 0.818. The molecule has 0 bridgehead atoms. The molecule has 0 aromatic heterocycles. The number of anilines is 1. The maximum absolute atomic E-state index is 12.3. The molecule has 0 heterocycles. The van der Waals surface area contributed by atoms with Crippen molar-refractivity contribution < 1.29 is 22.7 Å². The van der Waals surface area contributed by atoms with Crippen molar-refractivity contribution in [1.82, 2.24) is 5.32 Å². The Morgan fingerprint density at radius 1 is 1.44 bits per heavy atom. The molecule has 0 aliphatic rings. The average molecular weight is 262 g/mol. The van der Waals surface area contributed by atoms with E-state index in [9.17, 15) is 18.0 Å². The number of nitrogens with one attached hydrogen (secondary N) is 1. The van der Waals surface area contributed by atoms with Gasteiger partial charge in [0.2, 0.25) is 0 Å². The zero-order chi connectivity index (χ0) is 13.9. The molecule has 0 spiro atoms. The van der Waals surface area contributed by atoms with E-state index >= 15 is 0 Å². The zero-order valence-electron chi connectivity index (χ0n) is 9.84. The molecule has 100 valence electrons. The maximum atomic E-state index is 12.3. The lowest BCUT2D eigenvalue weighted by atomic mass is 10.1. The van der Waals surface area contributed by atoms with E-state index in [1.54, 1.807) is 0 Å². The van der Waals surface area contributed by atoms with Crippen LogP contribution < -0.4 is 15.8 Å². The Morgan fingerprint density at radius 3 is 2.50 bits per heavy atom. The van der Waals surface area contributed by atoms with Crippen molar-refractivity contribution in [3.8, 4) is 5.75 Å². The van der Waals surface area contributed by atoms with Gasteiger partial charge in [0.15, 0.2) is 6.10 Å². The summed E-state index contributed by atoms with van der Waals surface area (Å²) >= 11 is 0. The maximum Gasteiger partial charge on any atom is 0.425 e. The Morgan fingerprint density at radius 2 is 2.06 bits per heavy atom. The van der Waals surface area contributed by atoms with Crippen molar-refractivity contribution in [2.75, 3.05) is 12.8 Å². The molecule has 1 atom stereocenters. The highest BCUT2D eigenvalue weighted by Crippen LogP contribution is 2.29. The van der Waals surface area contributed by atoms with Crippen molar-refractivity contribution in [2.24, 2.45) is 0 Å². The number of benzene rings is 1. The van der Waals surface area contributed by atoms with Crippen molar-refractivity contribution in [2.45, 2.75) is 19.2 Å². The van der Waals surface area contributed by atoms with Crippen LogP contribution in [0.2, 0.25) is 0 Å². The van der Waals surface area contributed by atoms with E-state index in [0.29, 0.717) is 0 Å². The Bertz CT molecular complexity index is 446. The van der Waals surface area contributed by atoms with Crippen LogP contribution in [0.15, 0.2) is 18.2 Å². The third-order valence-corrected chi connectivity index (χ3v) is 2.26. The predicted octanol–water partition coefficient (Wildman–Crippen LogP) is 1.96. The lowest BCUT2D eigenvalue weighted by Crippen LogP contribution is -2.31. The Balaban J connectivity index is 2.90. The van der Waals surface area contributed by atoms with Gasteiger partial charge in [-0.1, -0.05) is 0 Å². The first-order valence-corrected chi connectivity index (χ1v) is 5.10. The number of nitrogen functional groups attached to an aromatic ring is 1. The van der Waals surface area contributed by atoms with Crippen molar-refractivity contribution in [3.63, 3.8) is 0 Å². The number of carbonyl (C=O) groups excluding carboxylic acids is 1. The summed E-state index contributed by atoms with van der Waals surface area (Å²) in [7, 11) is 1.44. The summed E-state index contributed by atoms with van der Waals surface area (Å²) in [5, 5.41) is 2.38. The van der Waals surface area contributed by atoms with Crippen LogP contribution in [0.25, 0.3) is 0 Å². The minimum Gasteiger partial charge on any atom is -0.479 e. The zero-order valence-corrected chi connectivity index (χ0v) is 9.84. The molecular formula is C11H13F3N2O2. The molecule has 1 rings (SSSR count). The summed E-state index contributed by atoms with van der Waals surface area (Å²) in [6, 6.07) is 3.84. The standard InChI is InChI=1S/C11H13F3N2O2/c1-6(11(12,13)14)18-9-4-3-7(5-8(9)15)10(17)16-2/h3-6H,15H2,1-2H3,(H,16,17). The van der Waals surface area contributed by atoms with Crippen LogP contribution in [0.1, 0.15) is 17.3 Å². The van der Waals surface area contributed by atoms with Crippen LogP contribution in [-0.4, -0.2) is 25.2 Å². The Labute approximate surface area is 102 Å². The van der Waals surface area contributed by atoms with Gasteiger partial charge in [-0.05, 0) is 25.1 Å². The van der Waals surface area contributed by atoms with E-state index in [2.05, 4.69) is 5.32 Å². The minimum atomic E-state index is -4.47. The van der Waals surface area contributed by atoms with Crippen LogP contribution in [0, 0.1) is 0 Å². The molecule has 0 saturated carbocycles. The summed E-state index contributed by atoms with van der Waals surface area (Å²) in [6.45, 7) is 0.881. The third kappa shape index (κ3) is 3.28. The monoisotopic (exact) mass is 262 g/mol. The largest absolute Gasteiger partial charge is 0.479 e. The first kappa shape index (κ1) is 14.1. The molecule has 1 aromatic rings. The van der Waals surface area contributed by atoms with Gasteiger partial charge in [0, 0.05) is 12.6 Å². The second-order valence-electron chi connectivity index (χ2n) is 3.63. The number of rotatable bonds is 3. The van der Waals surface area contributed by atoms with Gasteiger partial charge in [-0.25, -0.2) is 0 Å². The number of hydrogen-bond donors (Lipinski definition) is 2. The molecule has 0 aliphatic carbocycles. The molecule has 0 aliphatic heterocycles. The molecule has 0 radical (unpaired) electrons. The van der Waals surface area contributed by atoms with Crippen molar-refractivity contribution in [1.29, 1.82) is 0 Å². The number of nitrogens with two attached hydrogens (primary N) is 1. The molecular weight excluding hydrogens is 249 g/mol. The van der Waals surface area contributed by atoms with E-state index in [4.69, 9.17) is 10.5 Å². The number of ether oxygens (including phenoxy) is 1. The van der Waals surface area contributed by atoms with E-state index in [1.807, 2.05) is 0 Å². The van der Waals surface area contributed by atoms with Gasteiger partial charge in [-0.2, -0.15) is 13.2 Å². The third-order valence-electron chi connectivity index (χ3n) is 2.26.